The van der Waals surface area contributed by atoms with Gasteiger partial charge in [0.05, 0.1) is 11.3 Å². The lowest BCUT2D eigenvalue weighted by Gasteiger charge is -2.12. The second kappa shape index (κ2) is 5.39. The van der Waals surface area contributed by atoms with E-state index in [-0.39, 0.29) is 11.3 Å². The maximum atomic E-state index is 11.7. The zero-order chi connectivity index (χ0) is 15.0. The molecule has 0 saturated carbocycles. The molecule has 0 aliphatic heterocycles. The summed E-state index contributed by atoms with van der Waals surface area (Å²) in [5.41, 5.74) is 5.46. The second-order valence-electron chi connectivity index (χ2n) is 4.50. The van der Waals surface area contributed by atoms with Gasteiger partial charge in [0, 0.05) is 20.4 Å². The molecule has 0 aliphatic rings. The highest BCUT2D eigenvalue weighted by atomic mass is 35.5. The fourth-order valence-electron chi connectivity index (χ4n) is 2.08. The third-order valence-corrected chi connectivity index (χ3v) is 4.43. The van der Waals surface area contributed by atoms with Crippen LogP contribution in [0.3, 0.4) is 0 Å². The van der Waals surface area contributed by atoms with E-state index in [1.54, 1.807) is 18.2 Å². The molecule has 21 heavy (non-hydrogen) atoms. The van der Waals surface area contributed by atoms with Gasteiger partial charge in [0.25, 0.3) is 0 Å². The Bertz CT molecular complexity index is 883. The highest BCUT2D eigenvalue weighted by Gasteiger charge is 2.22. The minimum absolute atomic E-state index is 0.0252. The molecule has 3 rings (SSSR count). The van der Waals surface area contributed by atoms with E-state index < -0.39 is 10.9 Å². The molecule has 0 aromatic heterocycles. The fraction of sp³-hybridized carbons (Fsp3) is 0. The summed E-state index contributed by atoms with van der Waals surface area (Å²) in [5, 5.41) is 0.564. The molecule has 104 valence electrons. The zero-order valence-electron chi connectivity index (χ0n) is 10.8. The smallest absolute Gasteiger partial charge is 0.249 e. The van der Waals surface area contributed by atoms with Gasteiger partial charge in [-0.05, 0) is 24.3 Å². The van der Waals surface area contributed by atoms with Gasteiger partial charge < -0.3 is 5.73 Å². The first-order chi connectivity index (χ1) is 10.1. The number of nitrogens with two attached hydrogens (primary N) is 1. The number of anilines is 1. The van der Waals surface area contributed by atoms with Crippen LogP contribution in [0.2, 0.25) is 5.02 Å². The van der Waals surface area contributed by atoms with E-state index >= 15 is 0 Å². The summed E-state index contributed by atoms with van der Waals surface area (Å²) in [6.45, 7) is 0. The van der Waals surface area contributed by atoms with Gasteiger partial charge in [0.2, 0.25) is 10.9 Å². The van der Waals surface area contributed by atoms with Crippen molar-refractivity contribution in [1.82, 2.24) is 0 Å². The van der Waals surface area contributed by atoms with Crippen molar-refractivity contribution in [3.63, 3.8) is 0 Å². The fourth-order valence-corrected chi connectivity index (χ4v) is 3.33. The molecule has 3 nitrogen and oxygen atoms in total. The molecule has 0 unspecified atom stereocenters. The third-order valence-electron chi connectivity index (χ3n) is 3.13. The summed E-state index contributed by atoms with van der Waals surface area (Å²) in [6.07, 6.45) is 0. The molecule has 2 N–H and O–H groups in total. The largest absolute Gasteiger partial charge is 0.395 e. The van der Waals surface area contributed by atoms with Gasteiger partial charge >= 0.3 is 0 Å². The Hall–Kier alpha value is -2.04. The van der Waals surface area contributed by atoms with Crippen LogP contribution in [0.4, 0.5) is 5.69 Å². The maximum Gasteiger partial charge on any atom is 0.249 e. The molecular weight excluding hydrogens is 306 g/mol. The van der Waals surface area contributed by atoms with Crippen molar-refractivity contribution in [3.8, 4) is 11.1 Å². The van der Waals surface area contributed by atoms with Crippen molar-refractivity contribution in [1.29, 1.82) is 0 Å². The third kappa shape index (κ3) is 2.48. The van der Waals surface area contributed by atoms with Crippen LogP contribution in [0.5, 0.6) is 0 Å². The summed E-state index contributed by atoms with van der Waals surface area (Å²) in [5.74, 6) is 0. The quantitative estimate of drug-likeness (QED) is 0.753. The molecule has 0 atom stereocenters. The summed E-state index contributed by atoms with van der Waals surface area (Å²) >= 11 is 7.51. The highest BCUT2D eigenvalue weighted by Crippen LogP contribution is 2.38. The van der Waals surface area contributed by atoms with Crippen molar-refractivity contribution >= 4 is 29.1 Å². The van der Waals surface area contributed by atoms with Gasteiger partial charge in [0.15, 0.2) is 0 Å². The molecule has 5 heteroatoms. The summed E-state index contributed by atoms with van der Waals surface area (Å²) in [4.78, 5) is 24.9. The van der Waals surface area contributed by atoms with E-state index in [4.69, 9.17) is 17.3 Å². The van der Waals surface area contributed by atoms with Crippen LogP contribution in [0.1, 0.15) is 0 Å². The molecule has 0 bridgehead atoms. The van der Waals surface area contributed by atoms with E-state index in [0.29, 0.717) is 10.6 Å². The number of benzene rings is 2. The monoisotopic (exact) mass is 315 g/mol. The number of hydrogen-bond donors (Lipinski definition) is 1. The average Bonchev–Trinajstić information content (AvgIpc) is 2.50. The van der Waals surface area contributed by atoms with Gasteiger partial charge in [-0.25, -0.2) is 0 Å². The first-order valence-electron chi connectivity index (χ1n) is 6.19. The van der Waals surface area contributed by atoms with E-state index in [0.717, 1.165) is 9.79 Å². The van der Waals surface area contributed by atoms with E-state index in [1.807, 2.05) is 30.3 Å². The van der Waals surface area contributed by atoms with Gasteiger partial charge in [-0.1, -0.05) is 47.6 Å². The van der Waals surface area contributed by atoms with Crippen molar-refractivity contribution < 1.29 is 0 Å². The van der Waals surface area contributed by atoms with Crippen LogP contribution in [0.25, 0.3) is 11.1 Å². The van der Waals surface area contributed by atoms with Crippen molar-refractivity contribution in [2.75, 3.05) is 5.73 Å². The topological polar surface area (TPSA) is 60.2 Å². The number of halogens is 1. The van der Waals surface area contributed by atoms with Crippen molar-refractivity contribution in [2.45, 2.75) is 9.79 Å². The summed E-state index contributed by atoms with van der Waals surface area (Å²) in [6, 6.07) is 14.9. The van der Waals surface area contributed by atoms with Crippen molar-refractivity contribution in [2.24, 2.45) is 0 Å². The molecule has 0 fully saturated rings. The molecule has 0 aliphatic carbocycles. The first-order valence-corrected chi connectivity index (χ1v) is 7.39. The molecule has 3 aromatic carbocycles. The van der Waals surface area contributed by atoms with Crippen LogP contribution in [-0.2, 0) is 0 Å². The Morgan fingerprint density at radius 1 is 0.952 bits per heavy atom. The Labute approximate surface area is 130 Å². The Morgan fingerprint density at radius 2 is 1.67 bits per heavy atom. The maximum absolute atomic E-state index is 11.7. The standard InChI is InChI=1S/C16H10ClNO2S/c17-9-6-7-11(13-14(18)16(20)15(13)19)12(8-9)21-10-4-2-1-3-5-10/h1-8H,18H2. The normalized spacial score (nSPS) is 10.9. The minimum atomic E-state index is -0.615. The van der Waals surface area contributed by atoms with Crippen LogP contribution in [-0.4, -0.2) is 0 Å². The number of hydrogen-bond acceptors (Lipinski definition) is 4. The predicted octanol–water partition coefficient (Wildman–Crippen LogP) is 3.34. The molecule has 0 saturated heterocycles. The summed E-state index contributed by atoms with van der Waals surface area (Å²) in [7, 11) is 0. The minimum Gasteiger partial charge on any atom is -0.395 e. The number of rotatable bonds is 3. The van der Waals surface area contributed by atoms with Gasteiger partial charge in [-0.2, -0.15) is 0 Å². The lowest BCUT2D eigenvalue weighted by atomic mass is 9.99. The Morgan fingerprint density at radius 3 is 2.33 bits per heavy atom. The Kier molecular flexibility index (Phi) is 3.57. The highest BCUT2D eigenvalue weighted by molar-refractivity contribution is 7.99. The predicted molar refractivity (Wildman–Crippen MR) is 86.8 cm³/mol. The Balaban J connectivity index is 2.10. The lowest BCUT2D eigenvalue weighted by Crippen LogP contribution is -2.35. The zero-order valence-corrected chi connectivity index (χ0v) is 12.4. The molecular formula is C16H10ClNO2S. The van der Waals surface area contributed by atoms with Crippen LogP contribution in [0.15, 0.2) is 67.9 Å². The molecule has 0 spiro atoms. The van der Waals surface area contributed by atoms with Gasteiger partial charge in [-0.3, -0.25) is 9.59 Å². The SMILES string of the molecule is Nc1c(-c2ccc(Cl)cc2Sc2ccccc2)c(=O)c1=O. The van der Waals surface area contributed by atoms with Crippen LogP contribution >= 0.6 is 23.4 Å². The van der Waals surface area contributed by atoms with E-state index in [2.05, 4.69) is 0 Å². The average molecular weight is 316 g/mol. The van der Waals surface area contributed by atoms with Crippen LogP contribution < -0.4 is 16.6 Å². The molecule has 0 radical (unpaired) electrons. The van der Waals surface area contributed by atoms with Crippen molar-refractivity contribution in [3.05, 3.63) is 74.0 Å². The van der Waals surface area contributed by atoms with Gasteiger partial charge in [-0.15, -0.1) is 0 Å². The molecule has 3 aromatic rings. The number of nitrogen functional groups attached to an aromatic ring is 1. The summed E-state index contributed by atoms with van der Waals surface area (Å²) < 4.78 is 0. The van der Waals surface area contributed by atoms with Crippen LogP contribution in [0, 0.1) is 0 Å². The lowest BCUT2D eigenvalue weighted by molar-refractivity contribution is 1.35. The molecule has 0 amide bonds. The first kappa shape index (κ1) is 13.9. The van der Waals surface area contributed by atoms with E-state index in [9.17, 15) is 9.59 Å². The molecule has 0 heterocycles. The van der Waals surface area contributed by atoms with E-state index in [1.165, 1.54) is 11.8 Å². The van der Waals surface area contributed by atoms with Gasteiger partial charge in [0.1, 0.15) is 0 Å². The second-order valence-corrected chi connectivity index (χ2v) is 6.05.